The molecule has 1 aromatic rings. The van der Waals surface area contributed by atoms with Crippen molar-refractivity contribution < 1.29 is 9.53 Å². The molecule has 1 aliphatic heterocycles. The van der Waals surface area contributed by atoms with Crippen LogP contribution >= 0.6 is 0 Å². The van der Waals surface area contributed by atoms with Gasteiger partial charge in [0.05, 0.1) is 13.2 Å². The van der Waals surface area contributed by atoms with Gasteiger partial charge in [0.1, 0.15) is 0 Å². The van der Waals surface area contributed by atoms with Crippen LogP contribution in [0.15, 0.2) is 36.4 Å². The Morgan fingerprint density at radius 2 is 1.91 bits per heavy atom. The van der Waals surface area contributed by atoms with Crippen LogP contribution in [0.3, 0.4) is 0 Å². The van der Waals surface area contributed by atoms with Gasteiger partial charge in [-0.1, -0.05) is 36.4 Å². The Kier molecular flexibility index (Phi) is 5.83. The molecule has 1 unspecified atom stereocenters. The van der Waals surface area contributed by atoms with Crippen LogP contribution in [0.4, 0.5) is 0 Å². The van der Waals surface area contributed by atoms with E-state index < -0.39 is 0 Å². The molecular formula is C19H26N2O2. The van der Waals surface area contributed by atoms with E-state index in [1.54, 1.807) is 0 Å². The SMILES string of the molecule is O=C(CC1C=CCC1)NCc1ccc(CN2CCOCC2)cc1. The molecule has 2 aliphatic rings. The normalized spacial score (nSPS) is 21.5. The number of hydrogen-bond acceptors (Lipinski definition) is 3. The quantitative estimate of drug-likeness (QED) is 0.820. The van der Waals surface area contributed by atoms with Crippen LogP contribution in [0.5, 0.6) is 0 Å². The number of rotatable bonds is 6. The minimum absolute atomic E-state index is 0.152. The topological polar surface area (TPSA) is 41.6 Å². The van der Waals surface area contributed by atoms with E-state index in [0.29, 0.717) is 18.9 Å². The molecule has 1 aliphatic carbocycles. The average Bonchev–Trinajstić information content (AvgIpc) is 3.08. The fourth-order valence-corrected chi connectivity index (χ4v) is 3.16. The van der Waals surface area contributed by atoms with Gasteiger partial charge in [0, 0.05) is 32.6 Å². The zero-order valence-corrected chi connectivity index (χ0v) is 13.7. The molecule has 23 heavy (non-hydrogen) atoms. The molecule has 0 spiro atoms. The van der Waals surface area contributed by atoms with Gasteiger partial charge in [-0.2, -0.15) is 0 Å². The Labute approximate surface area is 138 Å². The van der Waals surface area contributed by atoms with E-state index >= 15 is 0 Å². The van der Waals surface area contributed by atoms with Gasteiger partial charge in [0.25, 0.3) is 0 Å². The third kappa shape index (κ3) is 5.19. The molecule has 1 atom stereocenters. The molecule has 1 saturated heterocycles. The second-order valence-electron chi connectivity index (χ2n) is 6.45. The van der Waals surface area contributed by atoms with E-state index in [1.165, 1.54) is 5.56 Å². The van der Waals surface area contributed by atoms with Crippen LogP contribution in [0.2, 0.25) is 0 Å². The molecule has 124 valence electrons. The summed E-state index contributed by atoms with van der Waals surface area (Å²) < 4.78 is 5.37. The van der Waals surface area contributed by atoms with E-state index in [2.05, 4.69) is 46.6 Å². The van der Waals surface area contributed by atoms with Crippen molar-refractivity contribution in [3.05, 3.63) is 47.5 Å². The highest BCUT2D eigenvalue weighted by atomic mass is 16.5. The maximum atomic E-state index is 11.9. The first-order valence-corrected chi connectivity index (χ1v) is 8.61. The molecule has 4 nitrogen and oxygen atoms in total. The van der Waals surface area contributed by atoms with Crippen molar-refractivity contribution in [3.8, 4) is 0 Å². The van der Waals surface area contributed by atoms with Gasteiger partial charge < -0.3 is 10.1 Å². The van der Waals surface area contributed by atoms with Crippen molar-refractivity contribution in [3.63, 3.8) is 0 Å². The lowest BCUT2D eigenvalue weighted by Gasteiger charge is -2.26. The van der Waals surface area contributed by atoms with Crippen LogP contribution in [-0.2, 0) is 22.6 Å². The molecule has 0 aromatic heterocycles. The smallest absolute Gasteiger partial charge is 0.220 e. The largest absolute Gasteiger partial charge is 0.379 e. The summed E-state index contributed by atoms with van der Waals surface area (Å²) >= 11 is 0. The van der Waals surface area contributed by atoms with Crippen LogP contribution in [0.1, 0.15) is 30.4 Å². The molecule has 1 N–H and O–H groups in total. The summed E-state index contributed by atoms with van der Waals surface area (Å²) in [7, 11) is 0. The Morgan fingerprint density at radius 3 is 2.61 bits per heavy atom. The Bertz CT molecular complexity index is 533. The summed E-state index contributed by atoms with van der Waals surface area (Å²) in [5.41, 5.74) is 2.48. The van der Waals surface area contributed by atoms with E-state index in [0.717, 1.165) is 51.3 Å². The van der Waals surface area contributed by atoms with Gasteiger partial charge in [-0.05, 0) is 29.9 Å². The minimum Gasteiger partial charge on any atom is -0.379 e. The Hall–Kier alpha value is -1.65. The van der Waals surface area contributed by atoms with Gasteiger partial charge >= 0.3 is 0 Å². The third-order valence-corrected chi connectivity index (χ3v) is 4.58. The zero-order chi connectivity index (χ0) is 15.9. The highest BCUT2D eigenvalue weighted by Crippen LogP contribution is 2.20. The van der Waals surface area contributed by atoms with Crippen molar-refractivity contribution in [1.82, 2.24) is 10.2 Å². The summed E-state index contributed by atoms with van der Waals surface area (Å²) in [5, 5.41) is 3.03. The first-order valence-electron chi connectivity index (χ1n) is 8.61. The first kappa shape index (κ1) is 16.2. The number of carbonyl (C=O) groups excluding carboxylic acids is 1. The number of amides is 1. The van der Waals surface area contributed by atoms with Gasteiger partial charge in [0.2, 0.25) is 5.91 Å². The van der Waals surface area contributed by atoms with E-state index in [4.69, 9.17) is 4.74 Å². The summed E-state index contributed by atoms with van der Waals surface area (Å²) in [5.74, 6) is 0.588. The minimum atomic E-state index is 0.152. The number of ether oxygens (including phenoxy) is 1. The second kappa shape index (κ2) is 8.27. The summed E-state index contributed by atoms with van der Waals surface area (Å²) in [6, 6.07) is 8.56. The van der Waals surface area contributed by atoms with E-state index in [1.807, 2.05) is 0 Å². The van der Waals surface area contributed by atoms with Crippen molar-refractivity contribution in [2.24, 2.45) is 5.92 Å². The zero-order valence-electron chi connectivity index (χ0n) is 13.7. The molecular weight excluding hydrogens is 288 g/mol. The maximum absolute atomic E-state index is 11.9. The van der Waals surface area contributed by atoms with Crippen molar-refractivity contribution in [1.29, 1.82) is 0 Å². The number of benzene rings is 1. The number of allylic oxidation sites excluding steroid dienone is 2. The highest BCUT2D eigenvalue weighted by molar-refractivity contribution is 5.76. The predicted octanol–water partition coefficient (Wildman–Crippen LogP) is 2.49. The molecule has 1 fully saturated rings. The summed E-state index contributed by atoms with van der Waals surface area (Å²) in [4.78, 5) is 14.4. The van der Waals surface area contributed by atoms with Gasteiger partial charge in [-0.3, -0.25) is 9.69 Å². The molecule has 4 heteroatoms. The predicted molar refractivity (Wildman–Crippen MR) is 90.9 cm³/mol. The molecule has 1 aromatic carbocycles. The highest BCUT2D eigenvalue weighted by Gasteiger charge is 2.14. The second-order valence-corrected chi connectivity index (χ2v) is 6.45. The standard InChI is InChI=1S/C19H26N2O2/c22-19(13-16-3-1-2-4-16)20-14-17-5-7-18(8-6-17)15-21-9-11-23-12-10-21/h1,3,5-8,16H,2,4,9-15H2,(H,20,22). The maximum Gasteiger partial charge on any atom is 0.220 e. The number of hydrogen-bond donors (Lipinski definition) is 1. The fourth-order valence-electron chi connectivity index (χ4n) is 3.16. The monoisotopic (exact) mass is 314 g/mol. The van der Waals surface area contributed by atoms with Crippen molar-refractivity contribution >= 4 is 5.91 Å². The molecule has 0 radical (unpaired) electrons. The molecule has 3 rings (SSSR count). The van der Waals surface area contributed by atoms with E-state index in [-0.39, 0.29) is 5.91 Å². The fraction of sp³-hybridized carbons (Fsp3) is 0.526. The van der Waals surface area contributed by atoms with Gasteiger partial charge in [-0.25, -0.2) is 0 Å². The molecule has 0 saturated carbocycles. The number of morpholine rings is 1. The molecule has 1 amide bonds. The molecule has 0 bridgehead atoms. The first-order chi connectivity index (χ1) is 11.3. The average molecular weight is 314 g/mol. The lowest BCUT2D eigenvalue weighted by Crippen LogP contribution is -2.35. The summed E-state index contributed by atoms with van der Waals surface area (Å²) in [6.07, 6.45) is 7.18. The van der Waals surface area contributed by atoms with Crippen molar-refractivity contribution in [2.45, 2.75) is 32.4 Å². The Morgan fingerprint density at radius 1 is 1.17 bits per heavy atom. The van der Waals surface area contributed by atoms with Gasteiger partial charge in [0.15, 0.2) is 0 Å². The van der Waals surface area contributed by atoms with Crippen LogP contribution in [0, 0.1) is 5.92 Å². The number of nitrogens with one attached hydrogen (secondary N) is 1. The van der Waals surface area contributed by atoms with E-state index in [9.17, 15) is 4.79 Å². The Balaban J connectivity index is 1.41. The number of nitrogens with zero attached hydrogens (tertiary/aromatic N) is 1. The van der Waals surface area contributed by atoms with Crippen LogP contribution in [-0.4, -0.2) is 37.1 Å². The summed E-state index contributed by atoms with van der Waals surface area (Å²) in [6.45, 7) is 5.28. The number of carbonyl (C=O) groups is 1. The molecule has 1 heterocycles. The lowest BCUT2D eigenvalue weighted by molar-refractivity contribution is -0.121. The van der Waals surface area contributed by atoms with Gasteiger partial charge in [-0.15, -0.1) is 0 Å². The third-order valence-electron chi connectivity index (χ3n) is 4.58. The van der Waals surface area contributed by atoms with Crippen LogP contribution in [0.25, 0.3) is 0 Å². The lowest BCUT2D eigenvalue weighted by atomic mass is 10.0. The van der Waals surface area contributed by atoms with Crippen LogP contribution < -0.4 is 5.32 Å². The van der Waals surface area contributed by atoms with Crippen molar-refractivity contribution in [2.75, 3.05) is 26.3 Å².